The van der Waals surface area contributed by atoms with E-state index in [9.17, 15) is 14.4 Å². The molecule has 0 saturated heterocycles. The van der Waals surface area contributed by atoms with E-state index >= 15 is 0 Å². The Kier molecular flexibility index (Phi) is 5.81. The molecule has 1 heterocycles. The third kappa shape index (κ3) is 4.52. The van der Waals surface area contributed by atoms with Gasteiger partial charge in [-0.25, -0.2) is 4.68 Å². The molecule has 1 fully saturated rings. The second-order valence-corrected chi connectivity index (χ2v) is 7.99. The average molecular weight is 406 g/mol. The van der Waals surface area contributed by atoms with E-state index in [0.29, 0.717) is 23.2 Å². The molecule has 0 bridgehead atoms. The maximum atomic E-state index is 12.6. The number of H-pyrrole nitrogens is 1. The van der Waals surface area contributed by atoms with Gasteiger partial charge in [0.1, 0.15) is 6.54 Å². The molecular formula is C23H26N4O3. The van der Waals surface area contributed by atoms with E-state index in [1.165, 1.54) is 5.56 Å². The highest BCUT2D eigenvalue weighted by Gasteiger charge is 2.34. The van der Waals surface area contributed by atoms with Crippen LogP contribution in [0.15, 0.2) is 64.2 Å². The molecule has 7 nitrogen and oxygen atoms in total. The molecule has 3 aromatic rings. The Morgan fingerprint density at radius 3 is 2.47 bits per heavy atom. The number of nitrogens with one attached hydrogen (secondary N) is 2. The van der Waals surface area contributed by atoms with Gasteiger partial charge in [-0.15, -0.1) is 0 Å². The molecule has 0 radical (unpaired) electrons. The highest BCUT2D eigenvalue weighted by molar-refractivity contribution is 5.81. The Hall–Kier alpha value is -3.19. The summed E-state index contributed by atoms with van der Waals surface area (Å²) in [6.45, 7) is 1.12. The summed E-state index contributed by atoms with van der Waals surface area (Å²) in [6, 6.07) is 17.1. The number of carbonyl (C=O) groups is 1. The number of carbonyl (C=O) groups excluding carboxylic acids is 1. The van der Waals surface area contributed by atoms with Crippen molar-refractivity contribution in [3.05, 3.63) is 80.9 Å². The predicted octanol–water partition coefficient (Wildman–Crippen LogP) is 1.72. The van der Waals surface area contributed by atoms with Crippen LogP contribution in [-0.4, -0.2) is 40.2 Å². The van der Waals surface area contributed by atoms with Crippen molar-refractivity contribution in [3.8, 4) is 0 Å². The van der Waals surface area contributed by atoms with E-state index in [2.05, 4.69) is 34.5 Å². The molecule has 0 unspecified atom stereocenters. The van der Waals surface area contributed by atoms with Crippen LogP contribution >= 0.6 is 0 Å². The van der Waals surface area contributed by atoms with E-state index in [4.69, 9.17) is 0 Å². The zero-order valence-corrected chi connectivity index (χ0v) is 17.0. The number of hydrogen-bond acceptors (Lipinski definition) is 4. The normalized spacial score (nSPS) is 14.7. The molecule has 1 saturated carbocycles. The topological polar surface area (TPSA) is 87.2 Å². The van der Waals surface area contributed by atoms with Crippen LogP contribution in [0, 0.1) is 5.92 Å². The Morgan fingerprint density at radius 2 is 1.77 bits per heavy atom. The zero-order valence-electron chi connectivity index (χ0n) is 17.0. The molecule has 1 aromatic heterocycles. The van der Waals surface area contributed by atoms with Gasteiger partial charge in [-0.05, 0) is 43.5 Å². The van der Waals surface area contributed by atoms with Gasteiger partial charge in [0.15, 0.2) is 0 Å². The van der Waals surface area contributed by atoms with Crippen molar-refractivity contribution in [3.63, 3.8) is 0 Å². The first kappa shape index (κ1) is 20.1. The summed E-state index contributed by atoms with van der Waals surface area (Å²) in [5, 5.41) is 6.10. The van der Waals surface area contributed by atoms with Crippen LogP contribution in [0.1, 0.15) is 18.4 Å². The third-order valence-electron chi connectivity index (χ3n) is 5.70. The van der Waals surface area contributed by atoms with Crippen LogP contribution in [0.2, 0.25) is 0 Å². The number of nitrogens with zero attached hydrogens (tertiary/aromatic N) is 2. The largest absolute Gasteiger partial charge is 0.353 e. The van der Waals surface area contributed by atoms with E-state index in [-0.39, 0.29) is 29.6 Å². The van der Waals surface area contributed by atoms with Gasteiger partial charge in [0.25, 0.3) is 11.1 Å². The van der Waals surface area contributed by atoms with Gasteiger partial charge in [0, 0.05) is 19.1 Å². The third-order valence-corrected chi connectivity index (χ3v) is 5.70. The van der Waals surface area contributed by atoms with Crippen LogP contribution < -0.4 is 16.4 Å². The van der Waals surface area contributed by atoms with E-state index in [1.54, 1.807) is 24.3 Å². The van der Waals surface area contributed by atoms with Gasteiger partial charge in [0.05, 0.1) is 10.8 Å². The van der Waals surface area contributed by atoms with Gasteiger partial charge >= 0.3 is 0 Å². The number of amides is 1. The standard InChI is InChI=1S/C23H26N4O3/c1-26(14-16-7-3-2-4-8-16)20(17-11-12-17)13-24-21(28)15-27-23(30)19-10-6-5-9-18(19)22(29)25-27/h2-10,17,20H,11-15H2,1H3,(H,24,28)(H,25,29)/t20-/m1/s1. The quantitative estimate of drug-likeness (QED) is 0.596. The van der Waals surface area contributed by atoms with E-state index in [1.807, 2.05) is 18.2 Å². The minimum absolute atomic E-state index is 0.210. The fourth-order valence-corrected chi connectivity index (χ4v) is 3.93. The summed E-state index contributed by atoms with van der Waals surface area (Å²) in [6.07, 6.45) is 2.33. The second-order valence-electron chi connectivity index (χ2n) is 7.99. The molecular weight excluding hydrogens is 380 g/mol. The van der Waals surface area contributed by atoms with E-state index in [0.717, 1.165) is 24.1 Å². The lowest BCUT2D eigenvalue weighted by atomic mass is 10.1. The number of likely N-dealkylation sites (N-methyl/N-ethyl adjacent to an activating group) is 1. The predicted molar refractivity (Wildman–Crippen MR) is 116 cm³/mol. The Bertz CT molecular complexity index is 1150. The number of fused-ring (bicyclic) bond motifs is 1. The fourth-order valence-electron chi connectivity index (χ4n) is 3.93. The summed E-state index contributed by atoms with van der Waals surface area (Å²) in [4.78, 5) is 39.6. The van der Waals surface area contributed by atoms with Crippen LogP contribution in [-0.2, 0) is 17.9 Å². The second kappa shape index (κ2) is 8.67. The Labute approximate surface area is 174 Å². The highest BCUT2D eigenvalue weighted by Crippen LogP contribution is 2.35. The van der Waals surface area contributed by atoms with Crippen molar-refractivity contribution >= 4 is 16.7 Å². The summed E-state index contributed by atoms with van der Waals surface area (Å²) in [7, 11) is 2.08. The van der Waals surface area contributed by atoms with Crippen LogP contribution in [0.4, 0.5) is 0 Å². The number of aromatic nitrogens is 2. The van der Waals surface area contributed by atoms with Gasteiger partial charge < -0.3 is 5.32 Å². The lowest BCUT2D eigenvalue weighted by Crippen LogP contribution is -2.45. The fraction of sp³-hybridized carbons (Fsp3) is 0.348. The first-order chi connectivity index (χ1) is 14.5. The first-order valence-corrected chi connectivity index (χ1v) is 10.3. The van der Waals surface area contributed by atoms with Crippen LogP contribution in [0.3, 0.4) is 0 Å². The highest BCUT2D eigenvalue weighted by atomic mass is 16.2. The molecule has 2 aromatic carbocycles. The Balaban J connectivity index is 1.41. The minimum atomic E-state index is -0.378. The number of aromatic amines is 1. The molecule has 1 aliphatic carbocycles. The lowest BCUT2D eigenvalue weighted by Gasteiger charge is -2.28. The van der Waals surface area contributed by atoms with Crippen LogP contribution in [0.25, 0.3) is 10.8 Å². The summed E-state index contributed by atoms with van der Waals surface area (Å²) in [5.41, 5.74) is 0.481. The molecule has 0 aliphatic heterocycles. The minimum Gasteiger partial charge on any atom is -0.353 e. The van der Waals surface area contributed by atoms with E-state index < -0.39 is 0 Å². The molecule has 2 N–H and O–H groups in total. The maximum Gasteiger partial charge on any atom is 0.273 e. The molecule has 1 aliphatic rings. The molecule has 156 valence electrons. The van der Waals surface area contributed by atoms with Gasteiger partial charge in [-0.1, -0.05) is 42.5 Å². The number of hydrogen-bond donors (Lipinski definition) is 2. The molecule has 1 atom stereocenters. The molecule has 4 rings (SSSR count). The van der Waals surface area contributed by atoms with Crippen molar-refractivity contribution in [1.29, 1.82) is 0 Å². The number of rotatable bonds is 8. The van der Waals surface area contributed by atoms with Crippen molar-refractivity contribution in [2.75, 3.05) is 13.6 Å². The zero-order chi connectivity index (χ0) is 21.1. The van der Waals surface area contributed by atoms with Crippen molar-refractivity contribution in [1.82, 2.24) is 20.0 Å². The molecule has 7 heteroatoms. The van der Waals surface area contributed by atoms with Crippen LogP contribution in [0.5, 0.6) is 0 Å². The molecule has 0 spiro atoms. The molecule has 1 amide bonds. The SMILES string of the molecule is CN(Cc1ccccc1)[C@H](CNC(=O)Cn1[nH]c(=O)c2ccccc2c1=O)C1CC1. The number of benzene rings is 2. The van der Waals surface area contributed by atoms with Gasteiger partial charge in [-0.2, -0.15) is 0 Å². The monoisotopic (exact) mass is 406 g/mol. The summed E-state index contributed by atoms with van der Waals surface area (Å²) < 4.78 is 1.08. The first-order valence-electron chi connectivity index (χ1n) is 10.3. The lowest BCUT2D eigenvalue weighted by molar-refractivity contribution is -0.122. The summed E-state index contributed by atoms with van der Waals surface area (Å²) in [5.74, 6) is 0.281. The summed E-state index contributed by atoms with van der Waals surface area (Å²) >= 11 is 0. The maximum absolute atomic E-state index is 12.6. The van der Waals surface area contributed by atoms with Gasteiger partial charge in [0.2, 0.25) is 5.91 Å². The Morgan fingerprint density at radius 1 is 1.10 bits per heavy atom. The smallest absolute Gasteiger partial charge is 0.273 e. The average Bonchev–Trinajstić information content (AvgIpc) is 3.58. The van der Waals surface area contributed by atoms with Crippen molar-refractivity contribution < 1.29 is 4.79 Å². The molecule has 30 heavy (non-hydrogen) atoms. The van der Waals surface area contributed by atoms with Gasteiger partial charge in [-0.3, -0.25) is 24.4 Å². The van der Waals surface area contributed by atoms with Crippen molar-refractivity contribution in [2.24, 2.45) is 5.92 Å². The van der Waals surface area contributed by atoms with Crippen molar-refractivity contribution in [2.45, 2.75) is 32.0 Å².